The molecule has 1 saturated heterocycles. The average Bonchev–Trinajstić information content (AvgIpc) is 2.73. The Morgan fingerprint density at radius 1 is 1.56 bits per heavy atom. The summed E-state index contributed by atoms with van der Waals surface area (Å²) in [5.41, 5.74) is 1.18. The Hall–Kier alpha value is -1.06. The molecule has 86 valence electrons. The van der Waals surface area contributed by atoms with Crippen molar-refractivity contribution in [3.05, 3.63) is 34.3 Å². The van der Waals surface area contributed by atoms with E-state index in [9.17, 15) is 4.79 Å². The van der Waals surface area contributed by atoms with Crippen LogP contribution in [0.25, 0.3) is 0 Å². The molecule has 0 spiro atoms. The first-order chi connectivity index (χ1) is 7.66. The van der Waals surface area contributed by atoms with Crippen molar-refractivity contribution >= 4 is 17.6 Å². The first kappa shape index (κ1) is 11.4. The van der Waals surface area contributed by atoms with Crippen molar-refractivity contribution < 1.29 is 9.90 Å². The molecule has 1 aromatic carbocycles. The molecule has 3 nitrogen and oxygen atoms in total. The minimum atomic E-state index is -0.907. The summed E-state index contributed by atoms with van der Waals surface area (Å²) in [4.78, 5) is 11.1. The molecule has 1 aliphatic heterocycles. The van der Waals surface area contributed by atoms with Crippen LogP contribution in [0.15, 0.2) is 18.2 Å². The second-order valence-corrected chi connectivity index (χ2v) is 4.54. The highest BCUT2D eigenvalue weighted by molar-refractivity contribution is 6.30. The minimum absolute atomic E-state index is 0.321. The second kappa shape index (κ2) is 4.85. The fourth-order valence-electron chi connectivity index (χ4n) is 2.12. The third kappa shape index (κ3) is 2.54. The Balaban J connectivity index is 2.21. The molecule has 1 fully saturated rings. The predicted molar refractivity (Wildman–Crippen MR) is 63.1 cm³/mol. The fraction of sp³-hybridized carbons (Fsp3) is 0.417. The quantitative estimate of drug-likeness (QED) is 0.851. The van der Waals surface area contributed by atoms with E-state index < -0.39 is 5.97 Å². The maximum absolute atomic E-state index is 11.1. The van der Waals surface area contributed by atoms with Gasteiger partial charge in [-0.05, 0) is 43.5 Å². The summed E-state index contributed by atoms with van der Waals surface area (Å²) in [5, 5.41) is 12.9. The number of carboxylic acids is 1. The van der Waals surface area contributed by atoms with Gasteiger partial charge in [-0.15, -0.1) is 0 Å². The van der Waals surface area contributed by atoms with Gasteiger partial charge in [-0.25, -0.2) is 4.79 Å². The van der Waals surface area contributed by atoms with Crippen LogP contribution in [0.3, 0.4) is 0 Å². The lowest BCUT2D eigenvalue weighted by Gasteiger charge is -2.12. The van der Waals surface area contributed by atoms with E-state index in [1.807, 2.05) is 6.07 Å². The molecule has 2 N–H and O–H groups in total. The zero-order valence-electron chi connectivity index (χ0n) is 8.87. The average molecular weight is 240 g/mol. The number of carboxylic acid groups (broad SMARTS) is 1. The minimum Gasteiger partial charge on any atom is -0.478 e. The Kier molecular flexibility index (Phi) is 3.46. The Morgan fingerprint density at radius 2 is 2.38 bits per heavy atom. The van der Waals surface area contributed by atoms with E-state index in [0.29, 0.717) is 16.6 Å². The lowest BCUT2D eigenvalue weighted by molar-refractivity contribution is 0.0695. The smallest absolute Gasteiger partial charge is 0.336 e. The van der Waals surface area contributed by atoms with Crippen LogP contribution in [0.1, 0.15) is 28.8 Å². The molecular formula is C12H14ClNO2. The van der Waals surface area contributed by atoms with Gasteiger partial charge in [0.15, 0.2) is 0 Å². The van der Waals surface area contributed by atoms with Crippen molar-refractivity contribution in [3.63, 3.8) is 0 Å². The monoisotopic (exact) mass is 239 g/mol. The lowest BCUT2D eigenvalue weighted by atomic mass is 9.99. The number of hydrogen-bond donors (Lipinski definition) is 2. The SMILES string of the molecule is O=C(O)c1cc(Cl)ccc1CC1CCCN1. The van der Waals surface area contributed by atoms with Gasteiger partial charge in [0.25, 0.3) is 0 Å². The maximum atomic E-state index is 11.1. The van der Waals surface area contributed by atoms with E-state index in [2.05, 4.69) is 5.32 Å². The number of hydrogen-bond acceptors (Lipinski definition) is 2. The molecule has 1 heterocycles. The van der Waals surface area contributed by atoms with E-state index in [0.717, 1.165) is 24.9 Å². The largest absolute Gasteiger partial charge is 0.478 e. The Bertz CT molecular complexity index is 400. The topological polar surface area (TPSA) is 49.3 Å². The molecule has 2 rings (SSSR count). The fourth-order valence-corrected chi connectivity index (χ4v) is 2.29. The molecule has 1 atom stereocenters. The molecule has 0 aliphatic carbocycles. The van der Waals surface area contributed by atoms with E-state index in [1.54, 1.807) is 6.07 Å². The van der Waals surface area contributed by atoms with E-state index in [-0.39, 0.29) is 0 Å². The van der Waals surface area contributed by atoms with Gasteiger partial charge >= 0.3 is 5.97 Å². The lowest BCUT2D eigenvalue weighted by Crippen LogP contribution is -2.24. The normalized spacial score (nSPS) is 19.9. The number of rotatable bonds is 3. The van der Waals surface area contributed by atoms with E-state index in [1.165, 1.54) is 12.5 Å². The summed E-state index contributed by atoms with van der Waals surface area (Å²) >= 11 is 5.80. The second-order valence-electron chi connectivity index (χ2n) is 4.10. The molecule has 1 unspecified atom stereocenters. The molecule has 4 heteroatoms. The summed E-state index contributed by atoms with van der Waals surface area (Å²) in [6, 6.07) is 5.48. The summed E-state index contributed by atoms with van der Waals surface area (Å²) in [7, 11) is 0. The summed E-state index contributed by atoms with van der Waals surface area (Å²) in [6.07, 6.45) is 3.04. The van der Waals surface area contributed by atoms with Crippen molar-refractivity contribution in [1.82, 2.24) is 5.32 Å². The highest BCUT2D eigenvalue weighted by Gasteiger charge is 2.18. The van der Waals surface area contributed by atoms with Gasteiger partial charge in [0.1, 0.15) is 0 Å². The Labute approximate surface area is 99.4 Å². The molecule has 0 amide bonds. The molecule has 0 bridgehead atoms. The molecule has 0 aromatic heterocycles. The number of halogens is 1. The van der Waals surface area contributed by atoms with Crippen LogP contribution in [0, 0.1) is 0 Å². The van der Waals surface area contributed by atoms with Gasteiger partial charge < -0.3 is 10.4 Å². The maximum Gasteiger partial charge on any atom is 0.336 e. The van der Waals surface area contributed by atoms with Crippen molar-refractivity contribution in [3.8, 4) is 0 Å². The van der Waals surface area contributed by atoms with Crippen molar-refractivity contribution in [2.45, 2.75) is 25.3 Å². The number of aromatic carboxylic acids is 1. The van der Waals surface area contributed by atoms with Gasteiger partial charge in [0.05, 0.1) is 5.56 Å². The van der Waals surface area contributed by atoms with E-state index >= 15 is 0 Å². The zero-order chi connectivity index (χ0) is 11.5. The van der Waals surface area contributed by atoms with Gasteiger partial charge in [0, 0.05) is 11.1 Å². The van der Waals surface area contributed by atoms with Crippen molar-refractivity contribution in [2.24, 2.45) is 0 Å². The van der Waals surface area contributed by atoms with Crippen LogP contribution in [0.4, 0.5) is 0 Å². The van der Waals surface area contributed by atoms with Crippen molar-refractivity contribution in [1.29, 1.82) is 0 Å². The van der Waals surface area contributed by atoms with Crippen LogP contribution in [0.5, 0.6) is 0 Å². The van der Waals surface area contributed by atoms with Gasteiger partial charge in [0.2, 0.25) is 0 Å². The highest BCUT2D eigenvalue weighted by Crippen LogP contribution is 2.20. The molecule has 1 aliphatic rings. The van der Waals surface area contributed by atoms with Crippen LogP contribution in [0.2, 0.25) is 5.02 Å². The van der Waals surface area contributed by atoms with Crippen LogP contribution in [-0.4, -0.2) is 23.7 Å². The first-order valence-electron chi connectivity index (χ1n) is 5.42. The first-order valence-corrected chi connectivity index (χ1v) is 5.79. The predicted octanol–water partition coefficient (Wildman–Crippen LogP) is 2.33. The van der Waals surface area contributed by atoms with Crippen LogP contribution < -0.4 is 5.32 Å². The number of nitrogens with one attached hydrogen (secondary N) is 1. The standard InChI is InChI=1S/C12H14ClNO2/c13-9-4-3-8(11(7-9)12(15)16)6-10-2-1-5-14-10/h3-4,7,10,14H,1-2,5-6H2,(H,15,16). The van der Waals surface area contributed by atoms with Gasteiger partial charge in [-0.2, -0.15) is 0 Å². The number of benzene rings is 1. The molecule has 1 aromatic rings. The molecule has 0 saturated carbocycles. The summed E-state index contributed by atoms with van der Waals surface area (Å²) in [6.45, 7) is 1.03. The van der Waals surface area contributed by atoms with Gasteiger partial charge in [-0.3, -0.25) is 0 Å². The van der Waals surface area contributed by atoms with Gasteiger partial charge in [-0.1, -0.05) is 17.7 Å². The van der Waals surface area contributed by atoms with Crippen LogP contribution in [-0.2, 0) is 6.42 Å². The third-order valence-electron chi connectivity index (χ3n) is 2.93. The summed E-state index contributed by atoms with van der Waals surface area (Å²) in [5.74, 6) is -0.907. The van der Waals surface area contributed by atoms with Crippen molar-refractivity contribution in [2.75, 3.05) is 6.54 Å². The molecular weight excluding hydrogens is 226 g/mol. The Morgan fingerprint density at radius 3 is 3.00 bits per heavy atom. The molecule has 0 radical (unpaired) electrons. The number of carbonyl (C=O) groups is 1. The third-order valence-corrected chi connectivity index (χ3v) is 3.17. The van der Waals surface area contributed by atoms with Crippen LogP contribution >= 0.6 is 11.6 Å². The zero-order valence-corrected chi connectivity index (χ0v) is 9.63. The van der Waals surface area contributed by atoms with E-state index in [4.69, 9.17) is 16.7 Å². The summed E-state index contributed by atoms with van der Waals surface area (Å²) < 4.78 is 0. The highest BCUT2D eigenvalue weighted by atomic mass is 35.5. The molecule has 16 heavy (non-hydrogen) atoms.